The Kier molecular flexibility index (Phi) is 23.5. The van der Waals surface area contributed by atoms with Crippen LogP contribution in [0.1, 0.15) is 189 Å². The van der Waals surface area contributed by atoms with Gasteiger partial charge in [-0.15, -0.1) is 0 Å². The predicted octanol–water partition coefficient (Wildman–Crippen LogP) is 16.5. The summed E-state index contributed by atoms with van der Waals surface area (Å²) in [6.07, 6.45) is 26.5. The van der Waals surface area contributed by atoms with E-state index in [1.54, 1.807) is 0 Å². The van der Waals surface area contributed by atoms with Crippen molar-refractivity contribution in [2.24, 2.45) is 0 Å². The maximum atomic E-state index is 6.88. The summed E-state index contributed by atoms with van der Waals surface area (Å²) in [5, 5.41) is 6.57. The molecule has 4 aromatic rings. The fourth-order valence-corrected chi connectivity index (χ4v) is 7.82. The van der Waals surface area contributed by atoms with Gasteiger partial charge in [-0.25, -0.2) is 0 Å². The number of hydrogen-bond donors (Lipinski definition) is 0. The SMILES string of the molecule is CCCCCCCCCCOc1cc(OCCCCC)cc2c3cc(OCCCCC)c(OCCCCC)cc3c3cc(OCCCCC)c(OCCCCC)cc3c12. The van der Waals surface area contributed by atoms with E-state index in [1.807, 2.05) is 0 Å². The van der Waals surface area contributed by atoms with Crippen LogP contribution in [-0.4, -0.2) is 39.6 Å². The van der Waals surface area contributed by atoms with E-state index in [1.165, 1.54) is 44.9 Å². The Morgan fingerprint density at radius 2 is 0.525 bits per heavy atom. The molecule has 0 bridgehead atoms. The molecule has 0 aliphatic rings. The topological polar surface area (TPSA) is 55.4 Å². The van der Waals surface area contributed by atoms with E-state index < -0.39 is 0 Å². The average Bonchev–Trinajstić information content (AvgIpc) is 3.25. The van der Waals surface area contributed by atoms with Crippen LogP contribution in [-0.2, 0) is 0 Å². The van der Waals surface area contributed by atoms with E-state index in [-0.39, 0.29) is 0 Å². The molecule has 6 heteroatoms. The van der Waals surface area contributed by atoms with Crippen molar-refractivity contribution in [3.63, 3.8) is 0 Å². The standard InChI is InChI=1S/C53H82O6/c1-7-13-19-20-21-22-23-29-35-59-52-37-42(54-30-24-14-8-2)36-46-44-39-49(56-32-26-16-10-4)48(55-31-25-15-9-3)38-43(44)45-40-50(57-33-27-17-11-5)51(41-47(45)53(46)52)58-34-28-18-12-6/h36-41H,7-35H2,1-6H3. The van der Waals surface area contributed by atoms with E-state index in [2.05, 4.69) is 77.9 Å². The molecule has 0 aliphatic heterocycles. The molecule has 0 unspecified atom stereocenters. The zero-order valence-electron chi connectivity index (χ0n) is 38.4. The first kappa shape index (κ1) is 48.1. The summed E-state index contributed by atoms with van der Waals surface area (Å²) in [6, 6.07) is 13.2. The van der Waals surface area contributed by atoms with Gasteiger partial charge in [0.05, 0.1) is 39.6 Å². The van der Waals surface area contributed by atoms with Gasteiger partial charge in [-0.3, -0.25) is 0 Å². The number of fused-ring (bicyclic) bond motifs is 6. The van der Waals surface area contributed by atoms with Crippen molar-refractivity contribution in [1.29, 1.82) is 0 Å². The summed E-state index contributed by atoms with van der Waals surface area (Å²) < 4.78 is 39.8. The van der Waals surface area contributed by atoms with E-state index in [4.69, 9.17) is 28.4 Å². The summed E-state index contributed by atoms with van der Waals surface area (Å²) in [5.41, 5.74) is 0. The minimum atomic E-state index is 0.655. The zero-order chi connectivity index (χ0) is 41.9. The minimum absolute atomic E-state index is 0.655. The smallest absolute Gasteiger partial charge is 0.161 e. The molecule has 0 atom stereocenters. The van der Waals surface area contributed by atoms with Crippen LogP contribution in [0.2, 0.25) is 0 Å². The molecule has 0 spiro atoms. The van der Waals surface area contributed by atoms with Crippen LogP contribution in [0.3, 0.4) is 0 Å². The lowest BCUT2D eigenvalue weighted by Gasteiger charge is -2.21. The molecule has 330 valence electrons. The largest absolute Gasteiger partial charge is 0.493 e. The number of hydrogen-bond acceptors (Lipinski definition) is 6. The number of unbranched alkanes of at least 4 members (excludes halogenated alkanes) is 17. The Balaban J connectivity index is 1.93. The minimum Gasteiger partial charge on any atom is -0.493 e. The van der Waals surface area contributed by atoms with Crippen molar-refractivity contribution in [2.75, 3.05) is 39.6 Å². The molecule has 4 rings (SSSR count). The van der Waals surface area contributed by atoms with Gasteiger partial charge in [-0.1, -0.05) is 151 Å². The van der Waals surface area contributed by atoms with Crippen molar-refractivity contribution in [3.05, 3.63) is 36.4 Å². The van der Waals surface area contributed by atoms with Crippen molar-refractivity contribution >= 4 is 32.3 Å². The average molecular weight is 815 g/mol. The van der Waals surface area contributed by atoms with E-state index in [9.17, 15) is 0 Å². The molecule has 0 saturated carbocycles. The third-order valence-electron chi connectivity index (χ3n) is 11.4. The first-order chi connectivity index (χ1) is 29.1. The van der Waals surface area contributed by atoms with Gasteiger partial charge < -0.3 is 28.4 Å². The normalized spacial score (nSPS) is 11.5. The lowest BCUT2D eigenvalue weighted by molar-refractivity contribution is 0.260. The molecule has 59 heavy (non-hydrogen) atoms. The summed E-state index contributed by atoms with van der Waals surface area (Å²) in [5.74, 6) is 4.90. The van der Waals surface area contributed by atoms with Crippen molar-refractivity contribution in [2.45, 2.75) is 189 Å². The lowest BCUT2D eigenvalue weighted by atomic mass is 9.92. The zero-order valence-corrected chi connectivity index (χ0v) is 38.4. The van der Waals surface area contributed by atoms with Crippen LogP contribution in [0.4, 0.5) is 0 Å². The number of rotatable bonds is 35. The van der Waals surface area contributed by atoms with Crippen LogP contribution >= 0.6 is 0 Å². The molecule has 0 aromatic heterocycles. The lowest BCUT2D eigenvalue weighted by Crippen LogP contribution is -2.05. The van der Waals surface area contributed by atoms with Crippen LogP contribution in [0, 0.1) is 0 Å². The van der Waals surface area contributed by atoms with Gasteiger partial charge in [0, 0.05) is 11.5 Å². The summed E-state index contributed by atoms with van der Waals surface area (Å²) in [7, 11) is 0. The fourth-order valence-electron chi connectivity index (χ4n) is 7.82. The second-order valence-corrected chi connectivity index (χ2v) is 16.6. The van der Waals surface area contributed by atoms with Gasteiger partial charge in [0.1, 0.15) is 11.5 Å². The highest BCUT2D eigenvalue weighted by Crippen LogP contribution is 2.48. The first-order valence-electron chi connectivity index (χ1n) is 24.4. The Morgan fingerprint density at radius 1 is 0.254 bits per heavy atom. The maximum absolute atomic E-state index is 6.88. The maximum Gasteiger partial charge on any atom is 0.161 e. The fraction of sp³-hybridized carbons (Fsp3) is 0.660. The van der Waals surface area contributed by atoms with Gasteiger partial charge in [0.2, 0.25) is 0 Å². The van der Waals surface area contributed by atoms with Crippen molar-refractivity contribution in [3.8, 4) is 34.5 Å². The molecule has 0 radical (unpaired) electrons. The highest BCUT2D eigenvalue weighted by molar-refractivity contribution is 6.28. The van der Waals surface area contributed by atoms with Gasteiger partial charge >= 0.3 is 0 Å². The van der Waals surface area contributed by atoms with Crippen LogP contribution in [0.5, 0.6) is 34.5 Å². The summed E-state index contributed by atoms with van der Waals surface area (Å²) in [6.45, 7) is 17.4. The number of ether oxygens (including phenoxy) is 6. The Hall–Kier alpha value is -3.54. The highest BCUT2D eigenvalue weighted by atomic mass is 16.5. The third kappa shape index (κ3) is 15.8. The molecule has 0 fully saturated rings. The molecule has 0 aliphatic carbocycles. The van der Waals surface area contributed by atoms with Gasteiger partial charge in [-0.2, -0.15) is 0 Å². The monoisotopic (exact) mass is 815 g/mol. The molecule has 0 N–H and O–H groups in total. The first-order valence-corrected chi connectivity index (χ1v) is 24.4. The quantitative estimate of drug-likeness (QED) is 0.0341. The van der Waals surface area contributed by atoms with Crippen molar-refractivity contribution < 1.29 is 28.4 Å². The second kappa shape index (κ2) is 28.8. The second-order valence-electron chi connectivity index (χ2n) is 16.6. The van der Waals surface area contributed by atoms with Crippen LogP contribution in [0.25, 0.3) is 32.3 Å². The van der Waals surface area contributed by atoms with Crippen LogP contribution < -0.4 is 28.4 Å². The van der Waals surface area contributed by atoms with Crippen molar-refractivity contribution in [1.82, 2.24) is 0 Å². The molecular formula is C53H82O6. The number of benzene rings is 4. The van der Waals surface area contributed by atoms with E-state index in [0.29, 0.717) is 39.6 Å². The molecule has 4 aromatic carbocycles. The molecule has 0 amide bonds. The molecule has 6 nitrogen and oxygen atoms in total. The van der Waals surface area contributed by atoms with E-state index >= 15 is 0 Å². The van der Waals surface area contributed by atoms with Gasteiger partial charge in [0.25, 0.3) is 0 Å². The van der Waals surface area contributed by atoms with Gasteiger partial charge in [-0.05, 0) is 95.8 Å². The Bertz CT molecular complexity index is 1700. The summed E-state index contributed by atoms with van der Waals surface area (Å²) >= 11 is 0. The Morgan fingerprint density at radius 3 is 0.932 bits per heavy atom. The predicted molar refractivity (Wildman–Crippen MR) is 252 cm³/mol. The highest BCUT2D eigenvalue weighted by Gasteiger charge is 2.21. The Labute approximate surface area is 359 Å². The molecular weight excluding hydrogens is 733 g/mol. The molecule has 0 saturated heterocycles. The summed E-state index contributed by atoms with van der Waals surface area (Å²) in [4.78, 5) is 0. The van der Waals surface area contributed by atoms with Crippen LogP contribution in [0.15, 0.2) is 36.4 Å². The third-order valence-corrected chi connectivity index (χ3v) is 11.4. The van der Waals surface area contributed by atoms with E-state index in [0.717, 1.165) is 170 Å². The van der Waals surface area contributed by atoms with Gasteiger partial charge in [0.15, 0.2) is 23.0 Å². The molecule has 0 heterocycles.